The first-order valence-electron chi connectivity index (χ1n) is 15.3. The summed E-state index contributed by atoms with van der Waals surface area (Å²) in [7, 11) is 0. The molecule has 1 N–H and O–H groups in total. The van der Waals surface area contributed by atoms with Crippen molar-refractivity contribution in [1.82, 2.24) is 0 Å². The SMILES string of the molecule is CCCCCCCCOc1ccc(-c2ccc(CCC(CC)C[C@@](F)(C(=O)O)C3CCCCC3)cc2)cc1Cl. The minimum absolute atomic E-state index is 0.0513. The monoisotopic (exact) mass is 558 g/mol. The van der Waals surface area contributed by atoms with Crippen molar-refractivity contribution in [2.75, 3.05) is 6.61 Å². The summed E-state index contributed by atoms with van der Waals surface area (Å²) in [5.41, 5.74) is 1.20. The van der Waals surface area contributed by atoms with Gasteiger partial charge in [-0.3, -0.25) is 0 Å². The summed E-state index contributed by atoms with van der Waals surface area (Å²) >= 11 is 6.53. The van der Waals surface area contributed by atoms with E-state index in [0.717, 1.165) is 61.8 Å². The standard InChI is InChI=1S/C34H48ClFO3/c1-3-5-6-7-8-12-23-39-32-22-21-29(24-31(32)35)28-19-17-27(18-20-28)16-15-26(4-2)25-34(36,33(37)38)30-13-10-9-11-14-30/h17-22,24,26,30H,3-16,23,25H2,1-2H3,(H,37,38)/t26?,34-/m0/s1. The van der Waals surface area contributed by atoms with Gasteiger partial charge in [-0.1, -0.05) is 114 Å². The fraction of sp³-hybridized carbons (Fsp3) is 0.618. The average molecular weight is 559 g/mol. The molecule has 3 nitrogen and oxygen atoms in total. The van der Waals surface area contributed by atoms with Gasteiger partial charge in [0.25, 0.3) is 0 Å². The second-order valence-corrected chi connectivity index (χ2v) is 11.9. The Morgan fingerprint density at radius 2 is 1.67 bits per heavy atom. The van der Waals surface area contributed by atoms with E-state index >= 15 is 4.39 Å². The largest absolute Gasteiger partial charge is 0.492 e. The molecule has 0 heterocycles. The number of ether oxygens (including phenoxy) is 1. The van der Waals surface area contributed by atoms with Crippen LogP contribution in [0, 0.1) is 11.8 Å². The molecule has 39 heavy (non-hydrogen) atoms. The van der Waals surface area contributed by atoms with Crippen molar-refractivity contribution < 1.29 is 19.0 Å². The van der Waals surface area contributed by atoms with Crippen LogP contribution in [0.3, 0.4) is 0 Å². The van der Waals surface area contributed by atoms with Crippen LogP contribution in [0.4, 0.5) is 4.39 Å². The van der Waals surface area contributed by atoms with Gasteiger partial charge < -0.3 is 9.84 Å². The fourth-order valence-electron chi connectivity index (χ4n) is 5.96. The second-order valence-electron chi connectivity index (χ2n) is 11.5. The summed E-state index contributed by atoms with van der Waals surface area (Å²) in [6.45, 7) is 4.96. The molecule has 1 saturated carbocycles. The van der Waals surface area contributed by atoms with E-state index in [4.69, 9.17) is 16.3 Å². The van der Waals surface area contributed by atoms with Gasteiger partial charge in [-0.15, -0.1) is 0 Å². The van der Waals surface area contributed by atoms with E-state index < -0.39 is 11.6 Å². The molecule has 2 atom stereocenters. The number of rotatable bonds is 17. The van der Waals surface area contributed by atoms with Crippen LogP contribution in [0.2, 0.25) is 5.02 Å². The molecule has 2 aromatic carbocycles. The zero-order valence-corrected chi connectivity index (χ0v) is 24.8. The maximum atomic E-state index is 15.8. The van der Waals surface area contributed by atoms with Crippen LogP contribution in [0.1, 0.15) is 109 Å². The zero-order chi connectivity index (χ0) is 28.1. The molecule has 3 rings (SSSR count). The van der Waals surface area contributed by atoms with E-state index in [-0.39, 0.29) is 18.3 Å². The number of carboxylic acids is 1. The van der Waals surface area contributed by atoms with Crippen LogP contribution in [-0.2, 0) is 11.2 Å². The Hall–Kier alpha value is -2.07. The lowest BCUT2D eigenvalue weighted by atomic mass is 9.73. The highest BCUT2D eigenvalue weighted by Gasteiger charge is 2.47. The molecule has 0 aliphatic heterocycles. The Balaban J connectivity index is 1.51. The maximum Gasteiger partial charge on any atom is 0.341 e. The molecule has 0 saturated heterocycles. The third-order valence-electron chi connectivity index (χ3n) is 8.59. The maximum absolute atomic E-state index is 15.8. The molecular formula is C34H48ClFO3. The lowest BCUT2D eigenvalue weighted by Crippen LogP contribution is -2.44. The van der Waals surface area contributed by atoms with Crippen molar-refractivity contribution in [3.8, 4) is 16.9 Å². The van der Waals surface area contributed by atoms with Gasteiger partial charge in [-0.2, -0.15) is 0 Å². The number of alkyl halides is 1. The van der Waals surface area contributed by atoms with Crippen LogP contribution >= 0.6 is 11.6 Å². The summed E-state index contributed by atoms with van der Waals surface area (Å²) in [5.74, 6) is -0.837. The first-order valence-corrected chi connectivity index (χ1v) is 15.7. The van der Waals surface area contributed by atoms with Crippen molar-refractivity contribution >= 4 is 17.6 Å². The Morgan fingerprint density at radius 3 is 2.31 bits per heavy atom. The third kappa shape index (κ3) is 9.52. The van der Waals surface area contributed by atoms with Gasteiger partial charge in [0.15, 0.2) is 0 Å². The smallest absolute Gasteiger partial charge is 0.341 e. The van der Waals surface area contributed by atoms with Crippen molar-refractivity contribution in [2.24, 2.45) is 11.8 Å². The quantitative estimate of drug-likeness (QED) is 0.196. The number of hydrogen-bond donors (Lipinski definition) is 1. The van der Waals surface area contributed by atoms with Gasteiger partial charge in [0, 0.05) is 5.92 Å². The Kier molecular flexibility index (Phi) is 13.1. The molecule has 1 unspecified atom stereocenters. The van der Waals surface area contributed by atoms with Gasteiger partial charge in [0.2, 0.25) is 5.67 Å². The van der Waals surface area contributed by atoms with E-state index in [0.29, 0.717) is 24.5 Å². The fourth-order valence-corrected chi connectivity index (χ4v) is 6.19. The topological polar surface area (TPSA) is 46.5 Å². The van der Waals surface area contributed by atoms with E-state index in [1.807, 2.05) is 25.1 Å². The lowest BCUT2D eigenvalue weighted by molar-refractivity contribution is -0.158. The number of carboxylic acid groups (broad SMARTS) is 1. The van der Waals surface area contributed by atoms with E-state index in [2.05, 4.69) is 31.2 Å². The van der Waals surface area contributed by atoms with E-state index in [1.54, 1.807) is 0 Å². The van der Waals surface area contributed by atoms with Crippen molar-refractivity contribution in [3.05, 3.63) is 53.1 Å². The lowest BCUT2D eigenvalue weighted by Gasteiger charge is -2.35. The number of aryl methyl sites for hydroxylation is 1. The summed E-state index contributed by atoms with van der Waals surface area (Å²) in [6.07, 6.45) is 14.2. The van der Waals surface area contributed by atoms with Gasteiger partial charge in [0.05, 0.1) is 11.6 Å². The summed E-state index contributed by atoms with van der Waals surface area (Å²) in [4.78, 5) is 12.0. The van der Waals surface area contributed by atoms with Crippen LogP contribution in [0.15, 0.2) is 42.5 Å². The number of benzene rings is 2. The first kappa shape index (κ1) is 31.5. The van der Waals surface area contributed by atoms with Crippen LogP contribution in [-0.4, -0.2) is 23.4 Å². The summed E-state index contributed by atoms with van der Waals surface area (Å²) in [5, 5.41) is 10.4. The molecule has 0 radical (unpaired) electrons. The van der Waals surface area contributed by atoms with Crippen LogP contribution < -0.4 is 4.74 Å². The third-order valence-corrected chi connectivity index (χ3v) is 8.88. The van der Waals surface area contributed by atoms with E-state index in [9.17, 15) is 9.90 Å². The molecule has 0 amide bonds. The normalized spacial score (nSPS) is 16.5. The molecule has 2 aromatic rings. The molecule has 1 fully saturated rings. The number of aliphatic carboxylic acids is 1. The van der Waals surface area contributed by atoms with Gasteiger partial charge in [-0.05, 0) is 73.3 Å². The van der Waals surface area contributed by atoms with Crippen molar-refractivity contribution in [2.45, 2.75) is 116 Å². The highest BCUT2D eigenvalue weighted by atomic mass is 35.5. The average Bonchev–Trinajstić information content (AvgIpc) is 2.96. The van der Waals surface area contributed by atoms with Gasteiger partial charge >= 0.3 is 5.97 Å². The molecule has 1 aliphatic carbocycles. The Morgan fingerprint density at radius 1 is 1.00 bits per heavy atom. The summed E-state index contributed by atoms with van der Waals surface area (Å²) in [6, 6.07) is 14.4. The predicted molar refractivity (Wildman–Crippen MR) is 161 cm³/mol. The molecule has 216 valence electrons. The van der Waals surface area contributed by atoms with E-state index in [1.165, 1.54) is 37.7 Å². The highest BCUT2D eigenvalue weighted by molar-refractivity contribution is 6.32. The molecular weight excluding hydrogens is 511 g/mol. The Labute approximate surface area is 240 Å². The van der Waals surface area contributed by atoms with Crippen LogP contribution in [0.5, 0.6) is 5.75 Å². The molecule has 1 aliphatic rings. The number of hydrogen-bond acceptors (Lipinski definition) is 2. The molecule has 0 spiro atoms. The minimum Gasteiger partial charge on any atom is -0.492 e. The number of carbonyl (C=O) groups is 1. The van der Waals surface area contributed by atoms with Gasteiger partial charge in [0.1, 0.15) is 5.75 Å². The zero-order valence-electron chi connectivity index (χ0n) is 24.0. The second kappa shape index (κ2) is 16.3. The first-order chi connectivity index (χ1) is 18.9. The summed E-state index contributed by atoms with van der Waals surface area (Å²) < 4.78 is 21.7. The highest BCUT2D eigenvalue weighted by Crippen LogP contribution is 2.41. The molecule has 5 heteroatoms. The molecule has 0 bridgehead atoms. The van der Waals surface area contributed by atoms with Crippen molar-refractivity contribution in [1.29, 1.82) is 0 Å². The minimum atomic E-state index is -2.10. The Bertz CT molecular complexity index is 1000. The van der Waals surface area contributed by atoms with Crippen molar-refractivity contribution in [3.63, 3.8) is 0 Å². The number of halogens is 2. The van der Waals surface area contributed by atoms with Gasteiger partial charge in [-0.25, -0.2) is 9.18 Å². The number of unbranched alkanes of at least 4 members (excludes halogenated alkanes) is 5. The van der Waals surface area contributed by atoms with Crippen LogP contribution in [0.25, 0.3) is 11.1 Å². The molecule has 0 aromatic heterocycles. The predicted octanol–water partition coefficient (Wildman–Crippen LogP) is 10.5.